The van der Waals surface area contributed by atoms with Crippen LogP contribution >= 0.6 is 0 Å². The Labute approximate surface area is 90.7 Å². The van der Waals surface area contributed by atoms with Crippen LogP contribution in [0.5, 0.6) is 0 Å². The fraction of sp³-hybridized carbons (Fsp3) is 0.333. The van der Waals surface area contributed by atoms with E-state index in [-0.39, 0.29) is 12.2 Å². The first kappa shape index (κ1) is 10.3. The van der Waals surface area contributed by atoms with Crippen molar-refractivity contribution in [3.63, 3.8) is 0 Å². The van der Waals surface area contributed by atoms with E-state index in [9.17, 15) is 4.79 Å². The molecular weight excluding hydrogens is 212 g/mol. The Hall–Kier alpha value is -2.18. The first-order valence-corrected chi connectivity index (χ1v) is 4.62. The molecule has 0 aliphatic carbocycles. The first-order valence-electron chi connectivity index (χ1n) is 4.62. The summed E-state index contributed by atoms with van der Waals surface area (Å²) in [5, 5.41) is 12.6. The van der Waals surface area contributed by atoms with Crippen molar-refractivity contribution in [1.82, 2.24) is 19.7 Å². The van der Waals surface area contributed by atoms with Gasteiger partial charge in [-0.2, -0.15) is 4.98 Å². The summed E-state index contributed by atoms with van der Waals surface area (Å²) >= 11 is 0. The molecule has 7 heteroatoms. The molecule has 0 aromatic carbocycles. The van der Waals surface area contributed by atoms with E-state index in [4.69, 9.17) is 9.63 Å². The van der Waals surface area contributed by atoms with Crippen molar-refractivity contribution in [3.05, 3.63) is 29.4 Å². The molecule has 0 amide bonds. The Morgan fingerprint density at radius 2 is 2.31 bits per heavy atom. The van der Waals surface area contributed by atoms with Gasteiger partial charge in [0.05, 0.1) is 6.20 Å². The Balaban J connectivity index is 2.33. The lowest BCUT2D eigenvalue weighted by molar-refractivity contribution is 0.0685. The number of aryl methyl sites for hydroxylation is 2. The van der Waals surface area contributed by atoms with Crippen LogP contribution in [0, 0.1) is 13.8 Å². The Morgan fingerprint density at radius 1 is 1.56 bits per heavy atom. The number of hydrogen-bond acceptors (Lipinski definition) is 5. The second kappa shape index (κ2) is 3.76. The standard InChI is InChI=1S/C9H10N4O3/c1-5-11-8(16-12-5)4-13-6(2)10-3-7(13)9(14)15/h3H,4H2,1-2H3,(H,14,15). The zero-order valence-electron chi connectivity index (χ0n) is 8.84. The lowest BCUT2D eigenvalue weighted by atomic mass is 10.4. The molecule has 0 atom stereocenters. The highest BCUT2D eigenvalue weighted by Crippen LogP contribution is 2.08. The summed E-state index contributed by atoms with van der Waals surface area (Å²) < 4.78 is 6.43. The molecular formula is C9H10N4O3. The maximum Gasteiger partial charge on any atom is 0.354 e. The quantitative estimate of drug-likeness (QED) is 0.818. The van der Waals surface area contributed by atoms with Crippen molar-refractivity contribution in [2.75, 3.05) is 0 Å². The molecule has 0 saturated carbocycles. The first-order chi connectivity index (χ1) is 7.58. The summed E-state index contributed by atoms with van der Waals surface area (Å²) in [5.41, 5.74) is 0.105. The molecule has 84 valence electrons. The third-order valence-electron chi connectivity index (χ3n) is 2.14. The van der Waals surface area contributed by atoms with E-state index >= 15 is 0 Å². The molecule has 0 fully saturated rings. The SMILES string of the molecule is Cc1noc(Cn2c(C(=O)O)cnc2C)n1. The molecule has 0 unspecified atom stereocenters. The lowest BCUT2D eigenvalue weighted by Crippen LogP contribution is -2.11. The molecule has 7 nitrogen and oxygen atoms in total. The highest BCUT2D eigenvalue weighted by atomic mass is 16.5. The number of carbonyl (C=O) groups is 1. The van der Waals surface area contributed by atoms with Gasteiger partial charge in [0.2, 0.25) is 5.89 Å². The molecule has 1 N–H and O–H groups in total. The topological polar surface area (TPSA) is 94.0 Å². The van der Waals surface area contributed by atoms with Gasteiger partial charge in [0.1, 0.15) is 18.1 Å². The number of rotatable bonds is 3. The summed E-state index contributed by atoms with van der Waals surface area (Å²) in [5.74, 6) is 0.441. The van der Waals surface area contributed by atoms with Crippen LogP contribution in [0.4, 0.5) is 0 Å². The van der Waals surface area contributed by atoms with Gasteiger partial charge in [0.15, 0.2) is 5.82 Å². The molecule has 0 radical (unpaired) electrons. The van der Waals surface area contributed by atoms with Gasteiger partial charge in [-0.05, 0) is 13.8 Å². The number of nitrogens with zero attached hydrogens (tertiary/aromatic N) is 4. The predicted molar refractivity (Wildman–Crippen MR) is 52.1 cm³/mol. The molecule has 16 heavy (non-hydrogen) atoms. The third kappa shape index (κ3) is 1.79. The van der Waals surface area contributed by atoms with Crippen molar-refractivity contribution in [2.24, 2.45) is 0 Å². The number of aromatic carboxylic acids is 1. The zero-order valence-corrected chi connectivity index (χ0v) is 8.84. The molecule has 2 aromatic heterocycles. The van der Waals surface area contributed by atoms with Crippen molar-refractivity contribution in [3.8, 4) is 0 Å². The minimum absolute atomic E-state index is 0.105. The molecule has 0 saturated heterocycles. The largest absolute Gasteiger partial charge is 0.477 e. The van der Waals surface area contributed by atoms with Crippen LogP contribution in [0.1, 0.15) is 28.0 Å². The van der Waals surface area contributed by atoms with Crippen LogP contribution in [0.3, 0.4) is 0 Å². The van der Waals surface area contributed by atoms with Crippen LogP contribution in [0.2, 0.25) is 0 Å². The van der Waals surface area contributed by atoms with Gasteiger partial charge in [-0.15, -0.1) is 0 Å². The molecule has 2 heterocycles. The van der Waals surface area contributed by atoms with E-state index in [1.165, 1.54) is 10.8 Å². The summed E-state index contributed by atoms with van der Waals surface area (Å²) in [6, 6.07) is 0. The fourth-order valence-corrected chi connectivity index (χ4v) is 1.38. The molecule has 0 aliphatic rings. The van der Waals surface area contributed by atoms with Gasteiger partial charge in [0.25, 0.3) is 0 Å². The van der Waals surface area contributed by atoms with Crippen LogP contribution in [-0.4, -0.2) is 30.8 Å². The van der Waals surface area contributed by atoms with Gasteiger partial charge in [-0.1, -0.05) is 5.16 Å². The highest BCUT2D eigenvalue weighted by Gasteiger charge is 2.15. The maximum atomic E-state index is 10.9. The molecule has 0 spiro atoms. The number of carboxylic acid groups (broad SMARTS) is 1. The van der Waals surface area contributed by atoms with E-state index in [1.807, 2.05) is 0 Å². The number of aromatic nitrogens is 4. The van der Waals surface area contributed by atoms with Gasteiger partial charge in [-0.3, -0.25) is 0 Å². The Morgan fingerprint density at radius 3 is 2.88 bits per heavy atom. The maximum absolute atomic E-state index is 10.9. The van der Waals surface area contributed by atoms with Crippen LogP contribution in [0.25, 0.3) is 0 Å². The van der Waals surface area contributed by atoms with Crippen molar-refractivity contribution in [2.45, 2.75) is 20.4 Å². The summed E-state index contributed by atoms with van der Waals surface area (Å²) in [7, 11) is 0. The highest BCUT2D eigenvalue weighted by molar-refractivity contribution is 5.85. The number of carboxylic acids is 1. The van der Waals surface area contributed by atoms with Crippen LogP contribution < -0.4 is 0 Å². The fourth-order valence-electron chi connectivity index (χ4n) is 1.38. The van der Waals surface area contributed by atoms with E-state index in [0.717, 1.165) is 0 Å². The van der Waals surface area contributed by atoms with Crippen molar-refractivity contribution in [1.29, 1.82) is 0 Å². The minimum atomic E-state index is -1.03. The van der Waals surface area contributed by atoms with Gasteiger partial charge >= 0.3 is 5.97 Å². The van der Waals surface area contributed by atoms with Gasteiger partial charge in [0, 0.05) is 0 Å². The normalized spacial score (nSPS) is 10.6. The average Bonchev–Trinajstić information content (AvgIpc) is 2.76. The Bertz CT molecular complexity index is 529. The molecule has 2 rings (SSSR count). The summed E-state index contributed by atoms with van der Waals surface area (Å²) in [6.45, 7) is 3.63. The van der Waals surface area contributed by atoms with Crippen LogP contribution in [0.15, 0.2) is 10.7 Å². The zero-order chi connectivity index (χ0) is 11.7. The minimum Gasteiger partial charge on any atom is -0.477 e. The van der Waals surface area contributed by atoms with E-state index in [1.54, 1.807) is 13.8 Å². The predicted octanol–water partition coefficient (Wildman–Crippen LogP) is 0.629. The second-order valence-electron chi connectivity index (χ2n) is 3.32. The molecule has 0 bridgehead atoms. The van der Waals surface area contributed by atoms with E-state index in [2.05, 4.69) is 15.1 Å². The average molecular weight is 222 g/mol. The second-order valence-corrected chi connectivity index (χ2v) is 3.32. The number of hydrogen-bond donors (Lipinski definition) is 1. The summed E-state index contributed by atoms with van der Waals surface area (Å²) in [4.78, 5) is 18.8. The van der Waals surface area contributed by atoms with Crippen molar-refractivity contribution >= 4 is 5.97 Å². The molecule has 0 aliphatic heterocycles. The molecule has 2 aromatic rings. The van der Waals surface area contributed by atoms with Gasteiger partial charge in [-0.25, -0.2) is 9.78 Å². The third-order valence-corrected chi connectivity index (χ3v) is 2.14. The van der Waals surface area contributed by atoms with E-state index in [0.29, 0.717) is 17.5 Å². The van der Waals surface area contributed by atoms with Crippen molar-refractivity contribution < 1.29 is 14.4 Å². The van der Waals surface area contributed by atoms with Gasteiger partial charge < -0.3 is 14.2 Å². The Kier molecular flexibility index (Phi) is 2.43. The summed E-state index contributed by atoms with van der Waals surface area (Å²) in [6.07, 6.45) is 1.31. The van der Waals surface area contributed by atoms with E-state index < -0.39 is 5.97 Å². The number of imidazole rings is 1. The lowest BCUT2D eigenvalue weighted by Gasteiger charge is -2.03. The monoisotopic (exact) mass is 222 g/mol. The smallest absolute Gasteiger partial charge is 0.354 e. The van der Waals surface area contributed by atoms with Crippen LogP contribution in [-0.2, 0) is 6.54 Å².